The van der Waals surface area contributed by atoms with Gasteiger partial charge in [0.2, 0.25) is 0 Å². The zero-order chi connectivity index (χ0) is 16.9. The van der Waals surface area contributed by atoms with Crippen molar-refractivity contribution in [2.75, 3.05) is 5.32 Å². The molecule has 5 nitrogen and oxygen atoms in total. The van der Waals surface area contributed by atoms with Gasteiger partial charge in [-0.25, -0.2) is 4.98 Å². The first kappa shape index (κ1) is 15.9. The molecule has 0 saturated carbocycles. The Labute approximate surface area is 139 Å². The van der Waals surface area contributed by atoms with Crippen molar-refractivity contribution < 1.29 is 4.79 Å². The molecule has 122 valence electrons. The van der Waals surface area contributed by atoms with E-state index in [-0.39, 0.29) is 11.4 Å². The Bertz CT molecular complexity index is 914. The molecule has 1 aromatic heterocycles. The summed E-state index contributed by atoms with van der Waals surface area (Å²) >= 11 is 0. The Hall–Kier alpha value is -2.95. The van der Waals surface area contributed by atoms with Gasteiger partial charge < -0.3 is 10.3 Å². The van der Waals surface area contributed by atoms with Crippen LogP contribution in [-0.2, 0) is 6.42 Å². The highest BCUT2D eigenvalue weighted by Gasteiger charge is 2.11. The second-order valence-corrected chi connectivity index (χ2v) is 5.69. The lowest BCUT2D eigenvalue weighted by molar-refractivity contribution is 0.101. The number of aromatic amines is 1. The maximum absolute atomic E-state index is 12.3. The van der Waals surface area contributed by atoms with Gasteiger partial charge in [-0.3, -0.25) is 9.59 Å². The molecule has 1 amide bonds. The summed E-state index contributed by atoms with van der Waals surface area (Å²) in [4.78, 5) is 31.1. The van der Waals surface area contributed by atoms with Crippen LogP contribution in [0.25, 0.3) is 10.9 Å². The van der Waals surface area contributed by atoms with E-state index >= 15 is 0 Å². The van der Waals surface area contributed by atoms with Crippen LogP contribution in [0.5, 0.6) is 0 Å². The molecule has 2 aromatic carbocycles. The van der Waals surface area contributed by atoms with E-state index < -0.39 is 5.91 Å². The number of hydrogen-bond donors (Lipinski definition) is 2. The molecule has 0 aliphatic rings. The second kappa shape index (κ2) is 7.08. The van der Waals surface area contributed by atoms with Gasteiger partial charge in [-0.05, 0) is 42.7 Å². The molecule has 24 heavy (non-hydrogen) atoms. The highest BCUT2D eigenvalue weighted by molar-refractivity contribution is 6.02. The SMILES string of the molecule is CCCCc1ccc(NC(=O)c2nc3ccccc3c(=O)[nH]2)cc1. The molecule has 0 radical (unpaired) electrons. The van der Waals surface area contributed by atoms with Crippen LogP contribution >= 0.6 is 0 Å². The Morgan fingerprint density at radius 2 is 1.88 bits per heavy atom. The molecule has 0 fully saturated rings. The van der Waals surface area contributed by atoms with Crippen LogP contribution in [0.2, 0.25) is 0 Å². The fraction of sp³-hybridized carbons (Fsp3) is 0.211. The van der Waals surface area contributed by atoms with E-state index in [2.05, 4.69) is 22.2 Å². The lowest BCUT2D eigenvalue weighted by Crippen LogP contribution is -2.21. The molecular formula is C19H19N3O2. The maximum Gasteiger partial charge on any atom is 0.291 e. The van der Waals surface area contributed by atoms with Gasteiger partial charge in [0.05, 0.1) is 10.9 Å². The minimum absolute atomic E-state index is 0.00811. The number of hydrogen-bond acceptors (Lipinski definition) is 3. The zero-order valence-corrected chi connectivity index (χ0v) is 13.5. The van der Waals surface area contributed by atoms with E-state index in [1.807, 2.05) is 24.3 Å². The maximum atomic E-state index is 12.3. The minimum Gasteiger partial charge on any atom is -0.319 e. The molecule has 0 unspecified atom stereocenters. The van der Waals surface area contributed by atoms with Crippen molar-refractivity contribution in [3.63, 3.8) is 0 Å². The van der Waals surface area contributed by atoms with Crippen LogP contribution in [0.3, 0.4) is 0 Å². The lowest BCUT2D eigenvalue weighted by atomic mass is 10.1. The molecule has 0 bridgehead atoms. The summed E-state index contributed by atoms with van der Waals surface area (Å²) < 4.78 is 0. The molecule has 1 heterocycles. The van der Waals surface area contributed by atoms with E-state index in [0.717, 1.165) is 19.3 Å². The van der Waals surface area contributed by atoms with E-state index in [0.29, 0.717) is 16.6 Å². The quantitative estimate of drug-likeness (QED) is 0.755. The summed E-state index contributed by atoms with van der Waals surface area (Å²) in [6, 6.07) is 14.7. The van der Waals surface area contributed by atoms with Crippen LogP contribution < -0.4 is 10.9 Å². The highest BCUT2D eigenvalue weighted by Crippen LogP contribution is 2.13. The predicted molar refractivity (Wildman–Crippen MR) is 95.4 cm³/mol. The van der Waals surface area contributed by atoms with Gasteiger partial charge in [0.1, 0.15) is 0 Å². The monoisotopic (exact) mass is 321 g/mol. The summed E-state index contributed by atoms with van der Waals surface area (Å²) in [5.41, 5.74) is 2.10. The van der Waals surface area contributed by atoms with Crippen LogP contribution in [0.1, 0.15) is 35.9 Å². The molecule has 0 aliphatic heterocycles. The molecule has 3 aromatic rings. The number of unbranched alkanes of at least 4 members (excludes halogenated alkanes) is 1. The molecule has 0 spiro atoms. The van der Waals surface area contributed by atoms with E-state index in [9.17, 15) is 9.59 Å². The molecule has 3 rings (SSSR count). The fourth-order valence-corrected chi connectivity index (χ4v) is 2.52. The molecule has 5 heteroatoms. The number of nitrogens with one attached hydrogen (secondary N) is 2. The topological polar surface area (TPSA) is 74.8 Å². The number of para-hydroxylation sites is 1. The van der Waals surface area contributed by atoms with Gasteiger partial charge in [0.15, 0.2) is 5.82 Å². The largest absolute Gasteiger partial charge is 0.319 e. The van der Waals surface area contributed by atoms with E-state index in [1.165, 1.54) is 5.56 Å². The van der Waals surface area contributed by atoms with E-state index in [1.54, 1.807) is 24.3 Å². The van der Waals surface area contributed by atoms with Crippen molar-refractivity contribution in [2.24, 2.45) is 0 Å². The number of H-pyrrole nitrogens is 1. The van der Waals surface area contributed by atoms with Gasteiger partial charge in [0, 0.05) is 5.69 Å². The van der Waals surface area contributed by atoms with Gasteiger partial charge in [-0.1, -0.05) is 37.6 Å². The number of amides is 1. The van der Waals surface area contributed by atoms with Crippen molar-refractivity contribution in [1.82, 2.24) is 9.97 Å². The van der Waals surface area contributed by atoms with E-state index in [4.69, 9.17) is 0 Å². The summed E-state index contributed by atoms with van der Waals surface area (Å²) in [6.45, 7) is 2.16. The van der Waals surface area contributed by atoms with Gasteiger partial charge >= 0.3 is 0 Å². The molecular weight excluding hydrogens is 302 g/mol. The number of carbonyl (C=O) groups is 1. The van der Waals surface area contributed by atoms with Crippen LogP contribution in [0.15, 0.2) is 53.3 Å². The van der Waals surface area contributed by atoms with Crippen molar-refractivity contribution >= 4 is 22.5 Å². The normalized spacial score (nSPS) is 10.7. The average Bonchev–Trinajstić information content (AvgIpc) is 2.61. The average molecular weight is 321 g/mol. The second-order valence-electron chi connectivity index (χ2n) is 5.69. The van der Waals surface area contributed by atoms with Crippen molar-refractivity contribution in [2.45, 2.75) is 26.2 Å². The number of aryl methyl sites for hydroxylation is 1. The standard InChI is InChI=1S/C19H19N3O2/c1-2-3-6-13-9-11-14(12-10-13)20-19(24)17-21-16-8-5-4-7-15(16)18(23)22-17/h4-5,7-12H,2-3,6H2,1H3,(H,20,24)(H,21,22,23). The molecule has 0 aliphatic carbocycles. The van der Waals surface area contributed by atoms with Crippen LogP contribution in [0.4, 0.5) is 5.69 Å². The van der Waals surface area contributed by atoms with Crippen molar-refractivity contribution in [1.29, 1.82) is 0 Å². The Kier molecular flexibility index (Phi) is 4.70. The van der Waals surface area contributed by atoms with Crippen molar-refractivity contribution in [3.8, 4) is 0 Å². The smallest absolute Gasteiger partial charge is 0.291 e. The highest BCUT2D eigenvalue weighted by atomic mass is 16.2. The number of rotatable bonds is 5. The van der Waals surface area contributed by atoms with Crippen LogP contribution in [-0.4, -0.2) is 15.9 Å². The summed E-state index contributed by atoms with van der Waals surface area (Å²) in [5, 5.41) is 3.23. The fourth-order valence-electron chi connectivity index (χ4n) is 2.52. The van der Waals surface area contributed by atoms with Gasteiger partial charge in [-0.2, -0.15) is 0 Å². The number of aromatic nitrogens is 2. The first-order valence-electron chi connectivity index (χ1n) is 8.06. The first-order chi connectivity index (χ1) is 11.7. The predicted octanol–water partition coefficient (Wildman–Crippen LogP) is 3.52. The number of benzene rings is 2. The third kappa shape index (κ3) is 3.51. The number of carbonyl (C=O) groups excluding carboxylic acids is 1. The molecule has 0 saturated heterocycles. The summed E-state index contributed by atoms with van der Waals surface area (Å²) in [5.74, 6) is -0.423. The molecule has 2 N–H and O–H groups in total. The van der Waals surface area contributed by atoms with Gasteiger partial charge in [-0.15, -0.1) is 0 Å². The lowest BCUT2D eigenvalue weighted by Gasteiger charge is -2.07. The third-order valence-electron chi connectivity index (χ3n) is 3.86. The van der Waals surface area contributed by atoms with Crippen LogP contribution in [0, 0.1) is 0 Å². The zero-order valence-electron chi connectivity index (χ0n) is 13.5. The third-order valence-corrected chi connectivity index (χ3v) is 3.86. The number of anilines is 1. The Morgan fingerprint density at radius 1 is 1.12 bits per heavy atom. The van der Waals surface area contributed by atoms with Gasteiger partial charge in [0.25, 0.3) is 11.5 Å². The van der Waals surface area contributed by atoms with Crippen molar-refractivity contribution in [3.05, 3.63) is 70.3 Å². The minimum atomic E-state index is -0.431. The Balaban J connectivity index is 1.78. The summed E-state index contributed by atoms with van der Waals surface area (Å²) in [6.07, 6.45) is 3.33. The number of fused-ring (bicyclic) bond motifs is 1. The Morgan fingerprint density at radius 3 is 2.62 bits per heavy atom. The first-order valence-corrected chi connectivity index (χ1v) is 8.06. The number of nitrogens with zero attached hydrogens (tertiary/aromatic N) is 1. The molecule has 0 atom stereocenters. The summed E-state index contributed by atoms with van der Waals surface area (Å²) in [7, 11) is 0.